The van der Waals surface area contributed by atoms with E-state index in [2.05, 4.69) is 88.5 Å². The van der Waals surface area contributed by atoms with Crippen molar-refractivity contribution in [2.24, 2.45) is 0 Å². The molecule has 3 aromatic rings. The second kappa shape index (κ2) is 5.42. The van der Waals surface area contributed by atoms with Gasteiger partial charge in [-0.1, -0.05) is 77.7 Å². The first kappa shape index (κ1) is 12.8. The highest BCUT2D eigenvalue weighted by atomic mass is 14.1. The SMILES string of the molecule is Bc1ccccc1-c1cccc(-c2ccccc2B)c1. The first-order valence-electron chi connectivity index (χ1n) is 6.98. The minimum Gasteiger partial charge on any atom is -0.0813 e. The van der Waals surface area contributed by atoms with Crippen LogP contribution in [0.4, 0.5) is 0 Å². The Morgan fingerprint density at radius 2 is 0.950 bits per heavy atom. The smallest absolute Gasteiger partial charge is 0.0813 e. The fraction of sp³-hybridized carbons (Fsp3) is 0. The van der Waals surface area contributed by atoms with Crippen molar-refractivity contribution >= 4 is 26.6 Å². The molecule has 0 saturated carbocycles. The summed E-state index contributed by atoms with van der Waals surface area (Å²) >= 11 is 0. The lowest BCUT2D eigenvalue weighted by Gasteiger charge is -2.10. The van der Waals surface area contributed by atoms with E-state index < -0.39 is 0 Å². The molecule has 94 valence electrons. The fourth-order valence-corrected chi connectivity index (χ4v) is 2.65. The molecule has 3 aromatic carbocycles. The molecule has 0 radical (unpaired) electrons. The quantitative estimate of drug-likeness (QED) is 0.608. The fourth-order valence-electron chi connectivity index (χ4n) is 2.65. The van der Waals surface area contributed by atoms with Crippen LogP contribution in [-0.2, 0) is 0 Å². The van der Waals surface area contributed by atoms with Crippen molar-refractivity contribution in [2.75, 3.05) is 0 Å². The van der Waals surface area contributed by atoms with Crippen LogP contribution in [0.15, 0.2) is 72.8 Å². The lowest BCUT2D eigenvalue weighted by atomic mass is 9.84. The number of hydrogen-bond donors (Lipinski definition) is 0. The maximum Gasteiger partial charge on any atom is 0.140 e. The molecular weight excluding hydrogens is 238 g/mol. The molecule has 0 aromatic heterocycles. The van der Waals surface area contributed by atoms with Crippen molar-refractivity contribution in [3.05, 3.63) is 72.8 Å². The van der Waals surface area contributed by atoms with Gasteiger partial charge < -0.3 is 0 Å². The average Bonchev–Trinajstić information content (AvgIpc) is 2.48. The minimum atomic E-state index is 1.28. The summed E-state index contributed by atoms with van der Waals surface area (Å²) in [6.07, 6.45) is 0. The van der Waals surface area contributed by atoms with Gasteiger partial charge in [0.2, 0.25) is 0 Å². The van der Waals surface area contributed by atoms with Crippen LogP contribution in [0.5, 0.6) is 0 Å². The summed E-state index contributed by atoms with van der Waals surface area (Å²) in [5, 5.41) is 0. The molecule has 0 nitrogen and oxygen atoms in total. The van der Waals surface area contributed by atoms with Crippen LogP contribution in [0.3, 0.4) is 0 Å². The third-order valence-corrected chi connectivity index (χ3v) is 3.77. The Balaban J connectivity index is 2.12. The zero-order chi connectivity index (χ0) is 13.9. The van der Waals surface area contributed by atoms with Crippen molar-refractivity contribution in [1.82, 2.24) is 0 Å². The zero-order valence-electron chi connectivity index (χ0n) is 11.9. The summed E-state index contributed by atoms with van der Waals surface area (Å²) < 4.78 is 0. The molecule has 0 saturated heterocycles. The van der Waals surface area contributed by atoms with Crippen LogP contribution >= 0.6 is 0 Å². The van der Waals surface area contributed by atoms with Crippen molar-refractivity contribution in [3.63, 3.8) is 0 Å². The Morgan fingerprint density at radius 3 is 1.40 bits per heavy atom. The van der Waals surface area contributed by atoms with Crippen molar-refractivity contribution in [2.45, 2.75) is 0 Å². The molecule has 3 rings (SSSR count). The van der Waals surface area contributed by atoms with Crippen LogP contribution in [0.2, 0.25) is 0 Å². The van der Waals surface area contributed by atoms with Gasteiger partial charge in [-0.2, -0.15) is 0 Å². The topological polar surface area (TPSA) is 0 Å². The van der Waals surface area contributed by atoms with E-state index in [4.69, 9.17) is 0 Å². The van der Waals surface area contributed by atoms with E-state index >= 15 is 0 Å². The monoisotopic (exact) mass is 254 g/mol. The Kier molecular flexibility index (Phi) is 3.47. The average molecular weight is 254 g/mol. The largest absolute Gasteiger partial charge is 0.140 e. The number of benzene rings is 3. The standard InChI is InChI=1S/C18H16B2/c19-17-10-3-1-8-15(17)13-6-5-7-14(12-13)16-9-2-4-11-18(16)20/h1-12H,19-20H2. The molecule has 0 unspecified atom stereocenters. The second-order valence-corrected chi connectivity index (χ2v) is 5.21. The Morgan fingerprint density at radius 1 is 0.500 bits per heavy atom. The highest BCUT2D eigenvalue weighted by Gasteiger charge is 2.04. The van der Waals surface area contributed by atoms with Crippen molar-refractivity contribution < 1.29 is 0 Å². The van der Waals surface area contributed by atoms with E-state index in [0.717, 1.165) is 0 Å². The second-order valence-electron chi connectivity index (χ2n) is 5.21. The molecule has 0 amide bonds. The van der Waals surface area contributed by atoms with Crippen LogP contribution < -0.4 is 10.9 Å². The maximum atomic E-state index is 2.28. The molecule has 0 fully saturated rings. The van der Waals surface area contributed by atoms with Crippen LogP contribution in [0.1, 0.15) is 0 Å². The van der Waals surface area contributed by atoms with Crippen molar-refractivity contribution in [3.8, 4) is 22.3 Å². The molecule has 0 aliphatic rings. The summed E-state index contributed by atoms with van der Waals surface area (Å²) in [6.45, 7) is 0. The Bertz CT molecular complexity index is 687. The van der Waals surface area contributed by atoms with Gasteiger partial charge in [-0.05, 0) is 28.3 Å². The third-order valence-electron chi connectivity index (χ3n) is 3.77. The summed E-state index contributed by atoms with van der Waals surface area (Å²) in [5.41, 5.74) is 7.81. The van der Waals surface area contributed by atoms with Gasteiger partial charge in [0.05, 0.1) is 0 Å². The van der Waals surface area contributed by atoms with Gasteiger partial charge in [0.15, 0.2) is 0 Å². The normalized spacial score (nSPS) is 10.4. The summed E-state index contributed by atoms with van der Waals surface area (Å²) in [4.78, 5) is 0. The molecule has 0 bridgehead atoms. The lowest BCUT2D eigenvalue weighted by Crippen LogP contribution is -2.07. The first-order chi connectivity index (χ1) is 9.75. The van der Waals surface area contributed by atoms with Gasteiger partial charge in [0.1, 0.15) is 15.7 Å². The Labute approximate surface area is 122 Å². The zero-order valence-corrected chi connectivity index (χ0v) is 11.9. The van der Waals surface area contributed by atoms with Crippen LogP contribution in [0.25, 0.3) is 22.3 Å². The highest BCUT2D eigenvalue weighted by Crippen LogP contribution is 2.24. The van der Waals surface area contributed by atoms with E-state index in [-0.39, 0.29) is 0 Å². The van der Waals surface area contributed by atoms with Crippen LogP contribution in [-0.4, -0.2) is 15.7 Å². The van der Waals surface area contributed by atoms with E-state index in [1.165, 1.54) is 33.2 Å². The third kappa shape index (κ3) is 2.42. The minimum absolute atomic E-state index is 1.28. The predicted octanol–water partition coefficient (Wildman–Crippen LogP) is 1.54. The Hall–Kier alpha value is -2.21. The molecule has 0 heterocycles. The maximum absolute atomic E-state index is 2.28. The van der Waals surface area contributed by atoms with Gasteiger partial charge in [0.25, 0.3) is 0 Å². The molecule has 2 heteroatoms. The molecular formula is C18H16B2. The van der Waals surface area contributed by atoms with Crippen LogP contribution in [0, 0.1) is 0 Å². The molecule has 0 aliphatic heterocycles. The number of hydrogen-bond acceptors (Lipinski definition) is 0. The summed E-state index contributed by atoms with van der Waals surface area (Å²) in [7, 11) is 4.32. The number of rotatable bonds is 2. The van der Waals surface area contributed by atoms with E-state index in [1.54, 1.807) is 0 Å². The van der Waals surface area contributed by atoms with Gasteiger partial charge in [0, 0.05) is 0 Å². The van der Waals surface area contributed by atoms with E-state index in [9.17, 15) is 0 Å². The summed E-state index contributed by atoms with van der Waals surface area (Å²) in [6, 6.07) is 25.9. The van der Waals surface area contributed by atoms with Gasteiger partial charge >= 0.3 is 0 Å². The van der Waals surface area contributed by atoms with E-state index in [1.807, 2.05) is 0 Å². The molecule has 0 N–H and O–H groups in total. The van der Waals surface area contributed by atoms with Gasteiger partial charge in [-0.25, -0.2) is 0 Å². The molecule has 0 atom stereocenters. The predicted molar refractivity (Wildman–Crippen MR) is 93.7 cm³/mol. The lowest BCUT2D eigenvalue weighted by molar-refractivity contribution is 1.62. The van der Waals surface area contributed by atoms with Crippen molar-refractivity contribution in [1.29, 1.82) is 0 Å². The first-order valence-corrected chi connectivity index (χ1v) is 6.98. The molecule has 0 spiro atoms. The van der Waals surface area contributed by atoms with Gasteiger partial charge in [-0.3, -0.25) is 0 Å². The molecule has 0 aliphatic carbocycles. The molecule has 20 heavy (non-hydrogen) atoms. The van der Waals surface area contributed by atoms with E-state index in [0.29, 0.717) is 0 Å². The summed E-state index contributed by atoms with van der Waals surface area (Å²) in [5.74, 6) is 0. The highest BCUT2D eigenvalue weighted by molar-refractivity contribution is 6.36. The van der Waals surface area contributed by atoms with Gasteiger partial charge in [-0.15, -0.1) is 0 Å².